The topological polar surface area (TPSA) is 64.2 Å². The Morgan fingerprint density at radius 3 is 2.74 bits per heavy atom. The standard InChI is InChI=1S/C22H24N4O/c1-25(22(27)20-14-24-26-12-11-18(23)13-21(20)26)15-17-9-5-6-10-19(17)16-7-3-2-4-8-16/h2-10,14,18H,11-13,15,23H2,1H3. The number of aromatic nitrogens is 2. The van der Waals surface area contributed by atoms with Crippen molar-refractivity contribution in [3.63, 3.8) is 0 Å². The fraction of sp³-hybridized carbons (Fsp3) is 0.273. The van der Waals surface area contributed by atoms with Crippen LogP contribution in [0.4, 0.5) is 0 Å². The highest BCUT2D eigenvalue weighted by molar-refractivity contribution is 5.95. The molecular formula is C22H24N4O. The molecule has 0 spiro atoms. The molecule has 1 amide bonds. The fourth-order valence-corrected chi connectivity index (χ4v) is 3.73. The van der Waals surface area contributed by atoms with Crippen molar-refractivity contribution < 1.29 is 4.79 Å². The smallest absolute Gasteiger partial charge is 0.257 e. The number of carbonyl (C=O) groups excluding carboxylic acids is 1. The number of carbonyl (C=O) groups is 1. The zero-order chi connectivity index (χ0) is 18.8. The van der Waals surface area contributed by atoms with Crippen molar-refractivity contribution in [2.75, 3.05) is 7.05 Å². The van der Waals surface area contributed by atoms with Gasteiger partial charge in [0.25, 0.3) is 5.91 Å². The van der Waals surface area contributed by atoms with Crippen LogP contribution in [-0.4, -0.2) is 33.7 Å². The number of amides is 1. The number of nitrogens with two attached hydrogens (primary N) is 1. The minimum atomic E-state index is -0.00628. The van der Waals surface area contributed by atoms with Crippen LogP contribution in [-0.2, 0) is 19.5 Å². The van der Waals surface area contributed by atoms with E-state index in [1.54, 1.807) is 11.1 Å². The van der Waals surface area contributed by atoms with Crippen molar-refractivity contribution in [3.05, 3.63) is 77.6 Å². The van der Waals surface area contributed by atoms with Crippen LogP contribution in [0.2, 0.25) is 0 Å². The lowest BCUT2D eigenvalue weighted by atomic mass is 9.99. The van der Waals surface area contributed by atoms with Crippen LogP contribution in [0.3, 0.4) is 0 Å². The predicted molar refractivity (Wildman–Crippen MR) is 106 cm³/mol. The van der Waals surface area contributed by atoms with E-state index in [-0.39, 0.29) is 11.9 Å². The van der Waals surface area contributed by atoms with E-state index in [4.69, 9.17) is 5.73 Å². The molecule has 3 aromatic rings. The van der Waals surface area contributed by atoms with E-state index in [0.29, 0.717) is 18.5 Å². The zero-order valence-electron chi connectivity index (χ0n) is 15.5. The minimum Gasteiger partial charge on any atom is -0.337 e. The third-order valence-corrected chi connectivity index (χ3v) is 5.20. The van der Waals surface area contributed by atoms with Gasteiger partial charge in [0, 0.05) is 32.6 Å². The maximum absolute atomic E-state index is 13.1. The summed E-state index contributed by atoms with van der Waals surface area (Å²) in [7, 11) is 1.84. The molecule has 1 aliphatic heterocycles. The van der Waals surface area contributed by atoms with Gasteiger partial charge in [0.15, 0.2) is 0 Å². The molecule has 1 unspecified atom stereocenters. The van der Waals surface area contributed by atoms with Gasteiger partial charge < -0.3 is 10.6 Å². The number of rotatable bonds is 4. The highest BCUT2D eigenvalue weighted by Crippen LogP contribution is 2.25. The molecule has 0 radical (unpaired) electrons. The lowest BCUT2D eigenvalue weighted by molar-refractivity contribution is 0.0783. The van der Waals surface area contributed by atoms with Gasteiger partial charge in [0.05, 0.1) is 17.5 Å². The van der Waals surface area contributed by atoms with Crippen molar-refractivity contribution in [2.24, 2.45) is 5.73 Å². The lowest BCUT2D eigenvalue weighted by Crippen LogP contribution is -2.33. The average molecular weight is 360 g/mol. The Labute approximate surface area is 159 Å². The molecule has 5 heteroatoms. The molecule has 5 nitrogen and oxygen atoms in total. The number of benzene rings is 2. The van der Waals surface area contributed by atoms with Gasteiger partial charge in [-0.2, -0.15) is 5.10 Å². The number of hydrogen-bond acceptors (Lipinski definition) is 3. The van der Waals surface area contributed by atoms with Gasteiger partial charge in [-0.05, 0) is 23.1 Å². The molecule has 2 heterocycles. The second-order valence-electron chi connectivity index (χ2n) is 7.17. The molecule has 1 aromatic heterocycles. The largest absolute Gasteiger partial charge is 0.337 e. The summed E-state index contributed by atoms with van der Waals surface area (Å²) in [5.41, 5.74) is 11.2. The molecule has 0 saturated heterocycles. The van der Waals surface area contributed by atoms with Gasteiger partial charge in [-0.1, -0.05) is 54.6 Å². The molecule has 1 atom stereocenters. The Balaban J connectivity index is 1.58. The fourth-order valence-electron chi connectivity index (χ4n) is 3.73. The summed E-state index contributed by atoms with van der Waals surface area (Å²) in [4.78, 5) is 14.8. The van der Waals surface area contributed by atoms with Crippen molar-refractivity contribution in [1.29, 1.82) is 0 Å². The van der Waals surface area contributed by atoms with E-state index in [1.165, 1.54) is 0 Å². The molecule has 0 fully saturated rings. The summed E-state index contributed by atoms with van der Waals surface area (Å²) in [5, 5.41) is 4.38. The van der Waals surface area contributed by atoms with Gasteiger partial charge in [-0.25, -0.2) is 0 Å². The van der Waals surface area contributed by atoms with Crippen LogP contribution in [0, 0.1) is 0 Å². The van der Waals surface area contributed by atoms with Crippen molar-refractivity contribution in [2.45, 2.75) is 32.0 Å². The first kappa shape index (κ1) is 17.5. The quantitative estimate of drug-likeness (QED) is 0.778. The van der Waals surface area contributed by atoms with Gasteiger partial charge in [0.2, 0.25) is 0 Å². The first-order valence-corrected chi connectivity index (χ1v) is 9.32. The van der Waals surface area contributed by atoms with E-state index in [1.807, 2.05) is 42.1 Å². The van der Waals surface area contributed by atoms with E-state index in [0.717, 1.165) is 35.3 Å². The highest BCUT2D eigenvalue weighted by atomic mass is 16.2. The molecule has 0 saturated carbocycles. The van der Waals surface area contributed by atoms with Gasteiger partial charge >= 0.3 is 0 Å². The summed E-state index contributed by atoms with van der Waals surface area (Å²) in [6.45, 7) is 1.32. The van der Waals surface area contributed by atoms with Crippen molar-refractivity contribution in [3.8, 4) is 11.1 Å². The minimum absolute atomic E-state index is 0.00628. The molecular weight excluding hydrogens is 336 g/mol. The number of nitrogens with zero attached hydrogens (tertiary/aromatic N) is 3. The van der Waals surface area contributed by atoms with Crippen LogP contribution < -0.4 is 5.73 Å². The first-order chi connectivity index (χ1) is 13.1. The molecule has 138 valence electrons. The number of hydrogen-bond donors (Lipinski definition) is 1. The van der Waals surface area contributed by atoms with Gasteiger partial charge in [-0.3, -0.25) is 9.48 Å². The van der Waals surface area contributed by atoms with Crippen molar-refractivity contribution in [1.82, 2.24) is 14.7 Å². The highest BCUT2D eigenvalue weighted by Gasteiger charge is 2.25. The Kier molecular flexibility index (Phi) is 4.77. The molecule has 2 aromatic carbocycles. The Morgan fingerprint density at radius 2 is 1.93 bits per heavy atom. The van der Waals surface area contributed by atoms with E-state index in [2.05, 4.69) is 29.4 Å². The van der Waals surface area contributed by atoms with Crippen LogP contribution in [0.25, 0.3) is 11.1 Å². The predicted octanol–water partition coefficient (Wildman–Crippen LogP) is 3.10. The molecule has 0 aliphatic carbocycles. The van der Waals surface area contributed by atoms with Crippen molar-refractivity contribution >= 4 is 5.91 Å². The van der Waals surface area contributed by atoms with Crippen LogP contribution in [0.15, 0.2) is 60.8 Å². The lowest BCUT2D eigenvalue weighted by Gasteiger charge is -2.23. The normalized spacial score (nSPS) is 16.0. The zero-order valence-corrected chi connectivity index (χ0v) is 15.5. The summed E-state index contributed by atoms with van der Waals surface area (Å²) in [6, 6.07) is 18.6. The average Bonchev–Trinajstić information content (AvgIpc) is 3.11. The van der Waals surface area contributed by atoms with Gasteiger partial charge in [0.1, 0.15) is 0 Å². The third kappa shape index (κ3) is 3.51. The Morgan fingerprint density at radius 1 is 1.19 bits per heavy atom. The molecule has 0 bridgehead atoms. The summed E-state index contributed by atoms with van der Waals surface area (Å²) in [5.74, 6) is -0.00628. The summed E-state index contributed by atoms with van der Waals surface area (Å²) >= 11 is 0. The second-order valence-corrected chi connectivity index (χ2v) is 7.17. The maximum atomic E-state index is 13.1. The van der Waals surface area contributed by atoms with Crippen LogP contribution >= 0.6 is 0 Å². The van der Waals surface area contributed by atoms with Gasteiger partial charge in [-0.15, -0.1) is 0 Å². The maximum Gasteiger partial charge on any atom is 0.257 e. The monoisotopic (exact) mass is 360 g/mol. The SMILES string of the molecule is CN(Cc1ccccc1-c1ccccc1)C(=O)c1cnn2c1CC(N)CC2. The Hall–Kier alpha value is -2.92. The summed E-state index contributed by atoms with van der Waals surface area (Å²) < 4.78 is 1.92. The molecule has 27 heavy (non-hydrogen) atoms. The van der Waals surface area contributed by atoms with E-state index in [9.17, 15) is 4.79 Å². The Bertz CT molecular complexity index is 948. The molecule has 4 rings (SSSR count). The first-order valence-electron chi connectivity index (χ1n) is 9.32. The van der Waals surface area contributed by atoms with E-state index >= 15 is 0 Å². The second kappa shape index (κ2) is 7.37. The third-order valence-electron chi connectivity index (χ3n) is 5.20. The number of fused-ring (bicyclic) bond motifs is 1. The molecule has 1 aliphatic rings. The summed E-state index contributed by atoms with van der Waals surface area (Å²) in [6.07, 6.45) is 3.30. The van der Waals surface area contributed by atoms with Crippen LogP contribution in [0.1, 0.15) is 28.0 Å². The number of aryl methyl sites for hydroxylation is 1. The van der Waals surface area contributed by atoms with E-state index < -0.39 is 0 Å². The van der Waals surface area contributed by atoms with Crippen LogP contribution in [0.5, 0.6) is 0 Å². The molecule has 2 N–H and O–H groups in total.